The van der Waals surface area contributed by atoms with Crippen LogP contribution >= 0.6 is 0 Å². The lowest BCUT2D eigenvalue weighted by Crippen LogP contribution is -2.26. The fraction of sp³-hybridized carbons (Fsp3) is 0.467. The molecule has 2 rings (SSSR count). The topological polar surface area (TPSA) is 42.7 Å². The average molecular weight is 258 g/mol. The lowest BCUT2D eigenvalue weighted by molar-refractivity contribution is 0.508. The Kier molecular flexibility index (Phi) is 4.68. The van der Waals surface area contributed by atoms with Gasteiger partial charge in [0.1, 0.15) is 5.82 Å². The van der Waals surface area contributed by atoms with E-state index in [2.05, 4.69) is 39.8 Å². The highest BCUT2D eigenvalue weighted by Gasteiger charge is 2.16. The van der Waals surface area contributed by atoms with E-state index in [0.717, 1.165) is 30.9 Å². The summed E-state index contributed by atoms with van der Waals surface area (Å²) in [5.41, 5.74) is 2.35. The molecule has 0 saturated carbocycles. The Bertz CT molecular complexity index is 518. The molecule has 4 nitrogen and oxygen atoms in total. The number of hydrogen-bond donors (Lipinski definition) is 1. The number of nitrogens with one attached hydrogen (secondary N) is 1. The Morgan fingerprint density at radius 3 is 2.79 bits per heavy atom. The van der Waals surface area contributed by atoms with E-state index in [-0.39, 0.29) is 6.04 Å². The van der Waals surface area contributed by atoms with Crippen LogP contribution < -0.4 is 5.32 Å². The molecule has 19 heavy (non-hydrogen) atoms. The first-order chi connectivity index (χ1) is 9.22. The zero-order valence-electron chi connectivity index (χ0n) is 11.9. The second-order valence-corrected chi connectivity index (χ2v) is 4.84. The third-order valence-electron chi connectivity index (χ3n) is 3.37. The van der Waals surface area contributed by atoms with E-state index >= 15 is 0 Å². The first-order valence-corrected chi connectivity index (χ1v) is 6.83. The molecule has 0 aromatic carbocycles. The van der Waals surface area contributed by atoms with Crippen molar-refractivity contribution in [2.45, 2.75) is 32.7 Å². The van der Waals surface area contributed by atoms with Crippen LogP contribution in [0.2, 0.25) is 0 Å². The molecule has 1 N–H and O–H groups in total. The van der Waals surface area contributed by atoms with Crippen molar-refractivity contribution in [2.75, 3.05) is 6.54 Å². The standard InChI is InChI=1S/C15H22N4/c1-4-7-17-14(11-15-18-9-10-19(15)3)13-6-5-8-16-12(13)2/h5-6,8-10,14,17H,4,7,11H2,1-3H3. The van der Waals surface area contributed by atoms with Crippen LogP contribution in [0.3, 0.4) is 0 Å². The zero-order chi connectivity index (χ0) is 13.7. The molecule has 0 radical (unpaired) electrons. The summed E-state index contributed by atoms with van der Waals surface area (Å²) < 4.78 is 2.08. The molecule has 0 aliphatic rings. The molecule has 102 valence electrons. The van der Waals surface area contributed by atoms with Gasteiger partial charge < -0.3 is 9.88 Å². The van der Waals surface area contributed by atoms with Gasteiger partial charge in [0, 0.05) is 43.8 Å². The summed E-state index contributed by atoms with van der Waals surface area (Å²) in [4.78, 5) is 8.81. The number of imidazole rings is 1. The van der Waals surface area contributed by atoms with Crippen molar-refractivity contribution in [2.24, 2.45) is 7.05 Å². The summed E-state index contributed by atoms with van der Waals surface area (Å²) in [7, 11) is 2.04. The van der Waals surface area contributed by atoms with Crippen LogP contribution in [0, 0.1) is 6.92 Å². The van der Waals surface area contributed by atoms with Gasteiger partial charge in [0.15, 0.2) is 0 Å². The number of pyridine rings is 1. The van der Waals surface area contributed by atoms with Crippen molar-refractivity contribution in [1.82, 2.24) is 19.9 Å². The quantitative estimate of drug-likeness (QED) is 0.865. The summed E-state index contributed by atoms with van der Waals surface area (Å²) in [6, 6.07) is 4.43. The smallest absolute Gasteiger partial charge is 0.110 e. The highest BCUT2D eigenvalue weighted by Crippen LogP contribution is 2.19. The molecule has 0 fully saturated rings. The van der Waals surface area contributed by atoms with E-state index in [1.807, 2.05) is 31.7 Å². The molecule has 1 atom stereocenters. The first-order valence-electron chi connectivity index (χ1n) is 6.83. The number of aromatic nitrogens is 3. The molecule has 2 heterocycles. The minimum Gasteiger partial charge on any atom is -0.338 e. The molecule has 0 saturated heterocycles. The largest absolute Gasteiger partial charge is 0.338 e. The first kappa shape index (κ1) is 13.7. The Hall–Kier alpha value is -1.68. The maximum atomic E-state index is 4.42. The van der Waals surface area contributed by atoms with E-state index < -0.39 is 0 Å². The van der Waals surface area contributed by atoms with Crippen molar-refractivity contribution in [3.8, 4) is 0 Å². The summed E-state index contributed by atoms with van der Waals surface area (Å²) in [5, 5.41) is 3.60. The van der Waals surface area contributed by atoms with Crippen LogP contribution in [-0.2, 0) is 13.5 Å². The monoisotopic (exact) mass is 258 g/mol. The highest BCUT2D eigenvalue weighted by molar-refractivity contribution is 5.23. The maximum absolute atomic E-state index is 4.42. The predicted octanol–water partition coefficient (Wildman–Crippen LogP) is 2.41. The van der Waals surface area contributed by atoms with Crippen molar-refractivity contribution in [3.05, 3.63) is 47.8 Å². The van der Waals surface area contributed by atoms with Crippen LogP contribution in [0.15, 0.2) is 30.7 Å². The van der Waals surface area contributed by atoms with E-state index in [1.54, 1.807) is 0 Å². The van der Waals surface area contributed by atoms with Gasteiger partial charge >= 0.3 is 0 Å². The van der Waals surface area contributed by atoms with Crippen LogP contribution in [0.4, 0.5) is 0 Å². The van der Waals surface area contributed by atoms with E-state index in [0.29, 0.717) is 0 Å². The minimum absolute atomic E-state index is 0.273. The van der Waals surface area contributed by atoms with Crippen molar-refractivity contribution in [1.29, 1.82) is 0 Å². The van der Waals surface area contributed by atoms with Gasteiger partial charge in [-0.2, -0.15) is 0 Å². The summed E-state index contributed by atoms with van der Waals surface area (Å²) in [6.07, 6.45) is 7.69. The fourth-order valence-electron chi connectivity index (χ4n) is 2.25. The molecule has 0 aliphatic heterocycles. The van der Waals surface area contributed by atoms with Gasteiger partial charge in [-0.3, -0.25) is 4.98 Å². The Labute approximate surface area is 114 Å². The Morgan fingerprint density at radius 2 is 2.16 bits per heavy atom. The summed E-state index contributed by atoms with van der Waals surface area (Å²) >= 11 is 0. The Morgan fingerprint density at radius 1 is 1.32 bits per heavy atom. The SMILES string of the molecule is CCCNC(Cc1nccn1C)c1cccnc1C. The van der Waals surface area contributed by atoms with Crippen molar-refractivity contribution < 1.29 is 0 Å². The van der Waals surface area contributed by atoms with Gasteiger partial charge in [0.05, 0.1) is 0 Å². The summed E-state index contributed by atoms with van der Waals surface area (Å²) in [6.45, 7) is 5.25. The van der Waals surface area contributed by atoms with E-state index in [1.165, 1.54) is 5.56 Å². The second-order valence-electron chi connectivity index (χ2n) is 4.84. The molecule has 0 spiro atoms. The lowest BCUT2D eigenvalue weighted by Gasteiger charge is -2.20. The van der Waals surface area contributed by atoms with Crippen LogP contribution in [0.1, 0.15) is 36.5 Å². The van der Waals surface area contributed by atoms with Gasteiger partial charge in [-0.05, 0) is 31.5 Å². The van der Waals surface area contributed by atoms with Crippen LogP contribution in [0.5, 0.6) is 0 Å². The van der Waals surface area contributed by atoms with Gasteiger partial charge in [-0.25, -0.2) is 4.98 Å². The van der Waals surface area contributed by atoms with Gasteiger partial charge in [-0.1, -0.05) is 13.0 Å². The molecule has 1 unspecified atom stereocenters. The Balaban J connectivity index is 2.21. The maximum Gasteiger partial charge on any atom is 0.110 e. The molecule has 0 aliphatic carbocycles. The molecule has 2 aromatic rings. The number of aryl methyl sites for hydroxylation is 2. The normalized spacial score (nSPS) is 12.6. The van der Waals surface area contributed by atoms with Gasteiger partial charge in [-0.15, -0.1) is 0 Å². The van der Waals surface area contributed by atoms with Crippen LogP contribution in [-0.4, -0.2) is 21.1 Å². The zero-order valence-corrected chi connectivity index (χ0v) is 11.9. The van der Waals surface area contributed by atoms with Crippen LogP contribution in [0.25, 0.3) is 0 Å². The lowest BCUT2D eigenvalue weighted by atomic mass is 10.0. The molecule has 0 amide bonds. The molecular formula is C15H22N4. The van der Waals surface area contributed by atoms with Crippen molar-refractivity contribution in [3.63, 3.8) is 0 Å². The predicted molar refractivity (Wildman–Crippen MR) is 76.9 cm³/mol. The third kappa shape index (κ3) is 3.41. The molecular weight excluding hydrogens is 236 g/mol. The highest BCUT2D eigenvalue weighted by atomic mass is 15.0. The number of hydrogen-bond acceptors (Lipinski definition) is 3. The van der Waals surface area contributed by atoms with E-state index in [4.69, 9.17) is 0 Å². The number of nitrogens with zero attached hydrogens (tertiary/aromatic N) is 3. The average Bonchev–Trinajstić information content (AvgIpc) is 2.81. The fourth-order valence-corrected chi connectivity index (χ4v) is 2.25. The van der Waals surface area contributed by atoms with Gasteiger partial charge in [0.25, 0.3) is 0 Å². The third-order valence-corrected chi connectivity index (χ3v) is 3.37. The van der Waals surface area contributed by atoms with Gasteiger partial charge in [0.2, 0.25) is 0 Å². The summed E-state index contributed by atoms with van der Waals surface area (Å²) in [5.74, 6) is 1.09. The second kappa shape index (κ2) is 6.48. The van der Waals surface area contributed by atoms with Crippen molar-refractivity contribution >= 4 is 0 Å². The number of rotatable bonds is 6. The minimum atomic E-state index is 0.273. The molecule has 0 bridgehead atoms. The molecule has 4 heteroatoms. The van der Waals surface area contributed by atoms with E-state index in [9.17, 15) is 0 Å². The molecule has 2 aromatic heterocycles.